The number of benzene rings is 5. The van der Waals surface area contributed by atoms with E-state index in [1.165, 1.54) is 17.4 Å². The van der Waals surface area contributed by atoms with Crippen molar-refractivity contribution in [2.24, 2.45) is 0 Å². The Hall–Kier alpha value is -5.12. The largest absolute Gasteiger partial charge is 0.466 e. The molecule has 0 bridgehead atoms. The first-order valence-corrected chi connectivity index (χ1v) is 14.5. The lowest BCUT2D eigenvalue weighted by Gasteiger charge is -2.26. The van der Waals surface area contributed by atoms with Crippen LogP contribution in [-0.2, 0) is 11.2 Å². The third-order valence-electron chi connectivity index (χ3n) is 7.19. The summed E-state index contributed by atoms with van der Waals surface area (Å²) in [5, 5.41) is 0. The molecule has 0 spiro atoms. The van der Waals surface area contributed by atoms with E-state index in [0.717, 1.165) is 51.5 Å². The van der Waals surface area contributed by atoms with Gasteiger partial charge in [-0.15, -0.1) is 6.58 Å². The minimum absolute atomic E-state index is 0.578. The molecular formula is C40H37NO2. The first-order chi connectivity index (χ1) is 21.1. The van der Waals surface area contributed by atoms with E-state index in [2.05, 4.69) is 140 Å². The zero-order chi connectivity index (χ0) is 29.9. The molecule has 43 heavy (non-hydrogen) atoms. The molecular weight excluding hydrogens is 526 g/mol. The molecule has 3 nitrogen and oxygen atoms in total. The second-order valence-electron chi connectivity index (χ2n) is 10.3. The molecule has 0 unspecified atom stereocenters. The van der Waals surface area contributed by atoms with Crippen LogP contribution in [0.3, 0.4) is 0 Å². The summed E-state index contributed by atoms with van der Waals surface area (Å²) in [7, 11) is 0. The number of hydrogen-bond acceptors (Lipinski definition) is 3. The molecule has 0 aliphatic carbocycles. The number of nitrogens with zero attached hydrogens (tertiary/aromatic N) is 1. The minimum atomic E-state index is 0.578. The second-order valence-corrected chi connectivity index (χ2v) is 10.3. The van der Waals surface area contributed by atoms with E-state index < -0.39 is 0 Å². The summed E-state index contributed by atoms with van der Waals surface area (Å²) >= 11 is 0. The van der Waals surface area contributed by atoms with Crippen LogP contribution in [0.15, 0.2) is 153 Å². The molecule has 0 aromatic heterocycles. The standard InChI is InChI=1S/C40H37NO2/c1-4-28-42-29-27-32-13-21-37(22-14-32)41(36-19-11-31(3)12-20-36)38-23-15-33(16-24-38)30-40(34-9-7-6-8-10-34)35-17-25-39(26-18-35)43-5-2/h4-26,30H,1-2,27-29H2,3H3. The van der Waals surface area contributed by atoms with Crippen LogP contribution in [0.2, 0.25) is 0 Å². The SMILES string of the molecule is C=CCOCCc1ccc(N(c2ccc(C)cc2)c2ccc(C=C(c3ccccc3)c3ccc(OC=C)cc3)cc2)cc1. The molecule has 5 rings (SSSR count). The van der Waals surface area contributed by atoms with Crippen LogP contribution in [0, 0.1) is 6.92 Å². The quantitative estimate of drug-likeness (QED) is 0.0616. The molecule has 0 fully saturated rings. The fourth-order valence-corrected chi connectivity index (χ4v) is 4.96. The molecule has 0 atom stereocenters. The summed E-state index contributed by atoms with van der Waals surface area (Å²) in [5.74, 6) is 0.765. The Morgan fingerprint density at radius 1 is 0.674 bits per heavy atom. The van der Waals surface area contributed by atoms with Gasteiger partial charge in [0.1, 0.15) is 5.75 Å². The Bertz CT molecular complexity index is 1630. The summed E-state index contributed by atoms with van der Waals surface area (Å²) in [6, 6.07) is 44.7. The highest BCUT2D eigenvalue weighted by atomic mass is 16.5. The predicted octanol–water partition coefficient (Wildman–Crippen LogP) is 10.3. The van der Waals surface area contributed by atoms with Gasteiger partial charge in [-0.1, -0.05) is 97.1 Å². The maximum absolute atomic E-state index is 5.58. The topological polar surface area (TPSA) is 21.7 Å². The molecule has 5 aromatic rings. The number of rotatable bonds is 13. The van der Waals surface area contributed by atoms with Gasteiger partial charge in [-0.3, -0.25) is 0 Å². The molecule has 0 aliphatic rings. The minimum Gasteiger partial charge on any atom is -0.466 e. The van der Waals surface area contributed by atoms with Gasteiger partial charge in [0.2, 0.25) is 0 Å². The molecule has 0 aliphatic heterocycles. The van der Waals surface area contributed by atoms with Gasteiger partial charge in [0, 0.05) is 17.1 Å². The summed E-state index contributed by atoms with van der Waals surface area (Å²) in [6.07, 6.45) is 6.33. The second kappa shape index (κ2) is 14.7. The zero-order valence-electron chi connectivity index (χ0n) is 24.7. The number of hydrogen-bond donors (Lipinski definition) is 0. The number of ether oxygens (including phenoxy) is 2. The highest BCUT2D eigenvalue weighted by molar-refractivity contribution is 5.92. The third-order valence-corrected chi connectivity index (χ3v) is 7.19. The third kappa shape index (κ3) is 7.79. The Morgan fingerprint density at radius 2 is 1.26 bits per heavy atom. The zero-order valence-corrected chi connectivity index (χ0v) is 24.7. The van der Waals surface area contributed by atoms with Crippen molar-refractivity contribution in [2.45, 2.75) is 13.3 Å². The van der Waals surface area contributed by atoms with Gasteiger partial charge in [-0.2, -0.15) is 0 Å². The van der Waals surface area contributed by atoms with Gasteiger partial charge >= 0.3 is 0 Å². The van der Waals surface area contributed by atoms with Crippen molar-refractivity contribution >= 4 is 28.7 Å². The van der Waals surface area contributed by atoms with Gasteiger partial charge in [0.15, 0.2) is 0 Å². The lowest BCUT2D eigenvalue weighted by molar-refractivity contribution is 0.166. The van der Waals surface area contributed by atoms with Gasteiger partial charge in [0.25, 0.3) is 0 Å². The lowest BCUT2D eigenvalue weighted by atomic mass is 9.95. The first-order valence-electron chi connectivity index (χ1n) is 14.5. The average molecular weight is 564 g/mol. The van der Waals surface area contributed by atoms with Crippen molar-refractivity contribution < 1.29 is 9.47 Å². The van der Waals surface area contributed by atoms with E-state index in [4.69, 9.17) is 9.47 Å². The highest BCUT2D eigenvalue weighted by Crippen LogP contribution is 2.35. The first kappa shape index (κ1) is 29.4. The Morgan fingerprint density at radius 3 is 1.86 bits per heavy atom. The van der Waals surface area contributed by atoms with Gasteiger partial charge in [-0.25, -0.2) is 0 Å². The van der Waals surface area contributed by atoms with E-state index in [-0.39, 0.29) is 0 Å². The van der Waals surface area contributed by atoms with E-state index in [1.807, 2.05) is 18.2 Å². The van der Waals surface area contributed by atoms with Crippen molar-refractivity contribution in [2.75, 3.05) is 18.1 Å². The average Bonchev–Trinajstić information content (AvgIpc) is 3.05. The van der Waals surface area contributed by atoms with E-state index >= 15 is 0 Å². The summed E-state index contributed by atoms with van der Waals surface area (Å²) < 4.78 is 11.0. The van der Waals surface area contributed by atoms with Gasteiger partial charge < -0.3 is 14.4 Å². The highest BCUT2D eigenvalue weighted by Gasteiger charge is 2.13. The summed E-state index contributed by atoms with van der Waals surface area (Å²) in [6.45, 7) is 10.7. The molecule has 0 amide bonds. The smallest absolute Gasteiger partial charge is 0.126 e. The fourth-order valence-electron chi connectivity index (χ4n) is 4.96. The van der Waals surface area contributed by atoms with Gasteiger partial charge in [-0.05, 0) is 95.8 Å². The fraction of sp³-hybridized carbons (Fsp3) is 0.100. The van der Waals surface area contributed by atoms with Crippen LogP contribution in [0.25, 0.3) is 11.6 Å². The molecule has 3 heteroatoms. The van der Waals surface area contributed by atoms with Crippen molar-refractivity contribution in [1.29, 1.82) is 0 Å². The molecule has 0 saturated heterocycles. The number of aryl methyl sites for hydroxylation is 1. The van der Waals surface area contributed by atoms with Crippen LogP contribution < -0.4 is 9.64 Å². The van der Waals surface area contributed by atoms with Crippen LogP contribution in [0.4, 0.5) is 17.1 Å². The summed E-state index contributed by atoms with van der Waals surface area (Å²) in [5.41, 5.74) is 10.3. The predicted molar refractivity (Wildman–Crippen MR) is 181 cm³/mol. The Kier molecular flexibility index (Phi) is 10.0. The van der Waals surface area contributed by atoms with Gasteiger partial charge in [0.05, 0.1) is 19.5 Å². The van der Waals surface area contributed by atoms with Crippen molar-refractivity contribution in [3.05, 3.63) is 181 Å². The normalized spacial score (nSPS) is 11.1. The maximum Gasteiger partial charge on any atom is 0.126 e. The molecule has 5 aromatic carbocycles. The molecule has 0 saturated carbocycles. The molecule has 0 radical (unpaired) electrons. The van der Waals surface area contributed by atoms with Crippen molar-refractivity contribution in [3.63, 3.8) is 0 Å². The van der Waals surface area contributed by atoms with Crippen molar-refractivity contribution in [1.82, 2.24) is 0 Å². The Balaban J connectivity index is 1.46. The van der Waals surface area contributed by atoms with E-state index in [1.54, 1.807) is 6.08 Å². The maximum atomic E-state index is 5.58. The van der Waals surface area contributed by atoms with Crippen LogP contribution in [-0.4, -0.2) is 13.2 Å². The monoisotopic (exact) mass is 563 g/mol. The summed E-state index contributed by atoms with van der Waals surface area (Å²) in [4.78, 5) is 2.29. The van der Waals surface area contributed by atoms with Crippen LogP contribution >= 0.6 is 0 Å². The number of anilines is 3. The molecule has 214 valence electrons. The van der Waals surface area contributed by atoms with E-state index in [9.17, 15) is 0 Å². The van der Waals surface area contributed by atoms with Crippen molar-refractivity contribution in [3.8, 4) is 5.75 Å². The molecule has 0 heterocycles. The lowest BCUT2D eigenvalue weighted by Crippen LogP contribution is -2.10. The van der Waals surface area contributed by atoms with Crippen LogP contribution in [0.5, 0.6) is 5.75 Å². The van der Waals surface area contributed by atoms with E-state index in [0.29, 0.717) is 13.2 Å². The van der Waals surface area contributed by atoms with Crippen LogP contribution in [0.1, 0.15) is 27.8 Å². The molecule has 0 N–H and O–H groups in total. The Labute approximate surface area is 255 Å².